The molecule has 2 rings (SSSR count). The highest BCUT2D eigenvalue weighted by molar-refractivity contribution is 5.22. The fraction of sp³-hybridized carbons (Fsp3) is 0.692. The van der Waals surface area contributed by atoms with Crippen LogP contribution in [0.5, 0.6) is 0 Å². The summed E-state index contributed by atoms with van der Waals surface area (Å²) in [6.45, 7) is 6.57. The maximum atomic E-state index is 5.53. The normalized spacial score (nSPS) is 20.7. The molecule has 0 bridgehead atoms. The Morgan fingerprint density at radius 3 is 2.94 bits per heavy atom. The second-order valence-electron chi connectivity index (χ2n) is 5.05. The van der Waals surface area contributed by atoms with E-state index in [1.165, 1.54) is 19.4 Å². The summed E-state index contributed by atoms with van der Waals surface area (Å²) in [7, 11) is 2.14. The fourth-order valence-electron chi connectivity index (χ4n) is 2.67. The Hall–Kier alpha value is -1.20. The molecule has 2 heterocycles. The van der Waals surface area contributed by atoms with Crippen molar-refractivity contribution in [3.63, 3.8) is 0 Å². The van der Waals surface area contributed by atoms with E-state index in [-0.39, 0.29) is 0 Å². The standard InChI is InChI=1S/C13H23N5/c1-3-18-6-4-5-12(18)10-17(2)9-11-7-16-13(14)8-15-11/h7-8,12H,3-6,9-10H2,1-2H3,(H2,14,16). The summed E-state index contributed by atoms with van der Waals surface area (Å²) in [4.78, 5) is 13.2. The maximum absolute atomic E-state index is 5.53. The van der Waals surface area contributed by atoms with Crippen molar-refractivity contribution in [2.24, 2.45) is 0 Å². The Morgan fingerprint density at radius 1 is 1.44 bits per heavy atom. The van der Waals surface area contributed by atoms with Gasteiger partial charge in [-0.1, -0.05) is 6.92 Å². The Labute approximate surface area is 109 Å². The number of likely N-dealkylation sites (N-methyl/N-ethyl adjacent to an activating group) is 2. The van der Waals surface area contributed by atoms with Gasteiger partial charge in [-0.15, -0.1) is 0 Å². The maximum Gasteiger partial charge on any atom is 0.141 e. The van der Waals surface area contributed by atoms with Crippen LogP contribution in [0.3, 0.4) is 0 Å². The van der Waals surface area contributed by atoms with Gasteiger partial charge in [-0.2, -0.15) is 0 Å². The van der Waals surface area contributed by atoms with E-state index >= 15 is 0 Å². The molecule has 0 amide bonds. The zero-order valence-electron chi connectivity index (χ0n) is 11.3. The van der Waals surface area contributed by atoms with E-state index < -0.39 is 0 Å². The van der Waals surface area contributed by atoms with E-state index in [1.807, 2.05) is 0 Å². The molecule has 1 saturated heterocycles. The van der Waals surface area contributed by atoms with Gasteiger partial charge in [0.05, 0.1) is 18.1 Å². The smallest absolute Gasteiger partial charge is 0.141 e. The Bertz CT molecular complexity index is 364. The average molecular weight is 249 g/mol. The molecule has 1 aliphatic heterocycles. The van der Waals surface area contributed by atoms with Gasteiger partial charge < -0.3 is 5.73 Å². The van der Waals surface area contributed by atoms with Crippen molar-refractivity contribution in [1.29, 1.82) is 0 Å². The molecule has 0 radical (unpaired) electrons. The molecule has 0 aromatic carbocycles. The molecule has 18 heavy (non-hydrogen) atoms. The minimum atomic E-state index is 0.481. The Kier molecular flexibility index (Phi) is 4.49. The topological polar surface area (TPSA) is 58.3 Å². The van der Waals surface area contributed by atoms with Gasteiger partial charge in [0.2, 0.25) is 0 Å². The predicted molar refractivity (Wildman–Crippen MR) is 73.0 cm³/mol. The number of hydrogen-bond acceptors (Lipinski definition) is 5. The van der Waals surface area contributed by atoms with Crippen molar-refractivity contribution in [2.45, 2.75) is 32.4 Å². The summed E-state index contributed by atoms with van der Waals surface area (Å²) in [6.07, 6.45) is 6.02. The Balaban J connectivity index is 1.84. The van der Waals surface area contributed by atoms with Crippen LogP contribution in [-0.4, -0.2) is 52.5 Å². The second kappa shape index (κ2) is 6.11. The Morgan fingerprint density at radius 2 is 2.28 bits per heavy atom. The predicted octanol–water partition coefficient (Wildman–Crippen LogP) is 0.975. The first-order chi connectivity index (χ1) is 8.69. The molecular formula is C13H23N5. The van der Waals surface area contributed by atoms with Crippen molar-refractivity contribution in [2.75, 3.05) is 32.4 Å². The van der Waals surface area contributed by atoms with E-state index in [0.717, 1.165) is 25.3 Å². The lowest BCUT2D eigenvalue weighted by atomic mass is 10.2. The molecule has 1 fully saturated rings. The van der Waals surface area contributed by atoms with Crippen molar-refractivity contribution >= 4 is 5.82 Å². The van der Waals surface area contributed by atoms with Crippen molar-refractivity contribution in [3.05, 3.63) is 18.1 Å². The van der Waals surface area contributed by atoms with E-state index in [9.17, 15) is 0 Å². The van der Waals surface area contributed by atoms with Gasteiger partial charge in [0, 0.05) is 19.1 Å². The van der Waals surface area contributed by atoms with Gasteiger partial charge in [-0.3, -0.25) is 14.8 Å². The lowest BCUT2D eigenvalue weighted by Crippen LogP contribution is -2.38. The van der Waals surface area contributed by atoms with Crippen LogP contribution >= 0.6 is 0 Å². The third-order valence-electron chi connectivity index (χ3n) is 3.58. The number of hydrogen-bond donors (Lipinski definition) is 1. The van der Waals surface area contributed by atoms with Gasteiger partial charge in [-0.05, 0) is 33.0 Å². The SMILES string of the molecule is CCN1CCCC1CN(C)Cc1cnc(N)cn1. The molecule has 5 nitrogen and oxygen atoms in total. The molecule has 1 aromatic heterocycles. The molecule has 2 N–H and O–H groups in total. The van der Waals surface area contributed by atoms with E-state index in [4.69, 9.17) is 5.73 Å². The lowest BCUT2D eigenvalue weighted by Gasteiger charge is -2.27. The number of likely N-dealkylation sites (tertiary alicyclic amines) is 1. The van der Waals surface area contributed by atoms with Gasteiger partial charge in [0.15, 0.2) is 0 Å². The minimum absolute atomic E-state index is 0.481. The molecule has 100 valence electrons. The zero-order valence-corrected chi connectivity index (χ0v) is 11.3. The van der Waals surface area contributed by atoms with Crippen molar-refractivity contribution in [3.8, 4) is 0 Å². The summed E-state index contributed by atoms with van der Waals surface area (Å²) in [5.41, 5.74) is 6.51. The third kappa shape index (κ3) is 3.40. The number of rotatable bonds is 5. The summed E-state index contributed by atoms with van der Waals surface area (Å²) < 4.78 is 0. The summed E-state index contributed by atoms with van der Waals surface area (Å²) in [5, 5.41) is 0. The van der Waals surface area contributed by atoms with Crippen LogP contribution in [0.25, 0.3) is 0 Å². The molecular weight excluding hydrogens is 226 g/mol. The zero-order chi connectivity index (χ0) is 13.0. The molecule has 0 aliphatic carbocycles. The first kappa shape index (κ1) is 13.2. The summed E-state index contributed by atoms with van der Waals surface area (Å²) in [6, 6.07) is 0.696. The molecule has 5 heteroatoms. The summed E-state index contributed by atoms with van der Waals surface area (Å²) >= 11 is 0. The number of aromatic nitrogens is 2. The number of nitrogens with two attached hydrogens (primary N) is 1. The minimum Gasteiger partial charge on any atom is -0.382 e. The molecule has 0 spiro atoms. The van der Waals surface area contributed by atoms with Crippen LogP contribution in [0.15, 0.2) is 12.4 Å². The van der Waals surface area contributed by atoms with Crippen LogP contribution in [0.1, 0.15) is 25.5 Å². The van der Waals surface area contributed by atoms with Crippen LogP contribution in [0, 0.1) is 0 Å². The molecule has 1 aliphatic rings. The monoisotopic (exact) mass is 249 g/mol. The first-order valence-electron chi connectivity index (χ1n) is 6.68. The highest BCUT2D eigenvalue weighted by Gasteiger charge is 2.23. The van der Waals surface area contributed by atoms with E-state index in [1.54, 1.807) is 12.4 Å². The van der Waals surface area contributed by atoms with Gasteiger partial charge in [0.1, 0.15) is 5.82 Å². The van der Waals surface area contributed by atoms with Crippen molar-refractivity contribution in [1.82, 2.24) is 19.8 Å². The van der Waals surface area contributed by atoms with Crippen LogP contribution in [0.4, 0.5) is 5.82 Å². The number of anilines is 1. The first-order valence-corrected chi connectivity index (χ1v) is 6.68. The van der Waals surface area contributed by atoms with Gasteiger partial charge >= 0.3 is 0 Å². The summed E-state index contributed by atoms with van der Waals surface area (Å²) in [5.74, 6) is 0.481. The largest absolute Gasteiger partial charge is 0.382 e. The van der Waals surface area contributed by atoms with Crippen LogP contribution in [-0.2, 0) is 6.54 Å². The fourth-order valence-corrected chi connectivity index (χ4v) is 2.67. The van der Waals surface area contributed by atoms with E-state index in [2.05, 4.69) is 33.7 Å². The second-order valence-corrected chi connectivity index (χ2v) is 5.05. The number of nitrogen functional groups attached to an aromatic ring is 1. The molecule has 1 unspecified atom stereocenters. The molecule has 1 atom stereocenters. The van der Waals surface area contributed by atoms with Crippen LogP contribution in [0.2, 0.25) is 0 Å². The van der Waals surface area contributed by atoms with Crippen molar-refractivity contribution < 1.29 is 0 Å². The highest BCUT2D eigenvalue weighted by Crippen LogP contribution is 2.17. The van der Waals surface area contributed by atoms with Crippen LogP contribution < -0.4 is 5.73 Å². The quantitative estimate of drug-likeness (QED) is 0.843. The third-order valence-corrected chi connectivity index (χ3v) is 3.58. The lowest BCUT2D eigenvalue weighted by molar-refractivity contribution is 0.193. The average Bonchev–Trinajstić information content (AvgIpc) is 2.79. The number of nitrogens with zero attached hydrogens (tertiary/aromatic N) is 4. The van der Waals surface area contributed by atoms with E-state index in [0.29, 0.717) is 11.9 Å². The molecule has 1 aromatic rings. The van der Waals surface area contributed by atoms with Gasteiger partial charge in [-0.25, -0.2) is 4.98 Å². The highest BCUT2D eigenvalue weighted by atomic mass is 15.2. The van der Waals surface area contributed by atoms with Gasteiger partial charge in [0.25, 0.3) is 0 Å². The molecule has 0 saturated carbocycles.